The number of carboxylic acids is 1. The molecule has 7 nitrogen and oxygen atoms in total. The number of aromatic nitrogens is 2. The number of hydrogen-bond donors (Lipinski definition) is 2. The number of carbonyl (C=O) groups excluding carboxylic acids is 1. The van der Waals surface area contributed by atoms with Crippen LogP contribution in [0.4, 0.5) is 9.93 Å². The van der Waals surface area contributed by atoms with Crippen molar-refractivity contribution in [1.82, 2.24) is 15.1 Å². The lowest BCUT2D eigenvalue weighted by atomic mass is 10.2. The maximum absolute atomic E-state index is 11.9. The zero-order valence-electron chi connectivity index (χ0n) is 11.4. The van der Waals surface area contributed by atoms with Crippen molar-refractivity contribution in [3.63, 3.8) is 0 Å². The van der Waals surface area contributed by atoms with Crippen molar-refractivity contribution in [2.75, 3.05) is 18.9 Å². The SMILES string of the molecule is CC(CN(C)C(=O)Nc1nnc(-c2ccsc2)s1)C(=O)O. The fourth-order valence-corrected chi connectivity index (χ4v) is 2.98. The standard InChI is InChI=1S/C12H14N4O3S2/c1-7(10(17)18)5-16(2)12(19)13-11-15-14-9(21-11)8-3-4-20-6-8/h3-4,6-7H,5H2,1-2H3,(H,17,18)(H,13,15,19). The van der Waals surface area contributed by atoms with E-state index in [1.54, 1.807) is 18.3 Å². The molecule has 0 saturated carbocycles. The first-order valence-electron chi connectivity index (χ1n) is 6.08. The third kappa shape index (κ3) is 3.99. The highest BCUT2D eigenvalue weighted by atomic mass is 32.1. The second-order valence-electron chi connectivity index (χ2n) is 4.47. The van der Waals surface area contributed by atoms with E-state index in [1.165, 1.54) is 23.3 Å². The summed E-state index contributed by atoms with van der Waals surface area (Å²) in [5.74, 6) is -1.57. The number of nitrogens with one attached hydrogen (secondary N) is 1. The van der Waals surface area contributed by atoms with Crippen LogP contribution in [-0.4, -0.2) is 45.8 Å². The van der Waals surface area contributed by atoms with Gasteiger partial charge in [0.05, 0.1) is 5.92 Å². The van der Waals surface area contributed by atoms with E-state index < -0.39 is 17.9 Å². The summed E-state index contributed by atoms with van der Waals surface area (Å²) in [5.41, 5.74) is 0.964. The molecule has 9 heteroatoms. The summed E-state index contributed by atoms with van der Waals surface area (Å²) in [6, 6.07) is 1.52. The highest BCUT2D eigenvalue weighted by molar-refractivity contribution is 7.19. The van der Waals surface area contributed by atoms with Crippen LogP contribution in [0, 0.1) is 5.92 Å². The van der Waals surface area contributed by atoms with Crippen LogP contribution >= 0.6 is 22.7 Å². The zero-order chi connectivity index (χ0) is 15.4. The van der Waals surface area contributed by atoms with Crippen molar-refractivity contribution >= 4 is 39.8 Å². The van der Waals surface area contributed by atoms with Crippen molar-refractivity contribution in [3.8, 4) is 10.6 Å². The predicted octanol–water partition coefficient (Wildman–Crippen LogP) is 2.45. The van der Waals surface area contributed by atoms with E-state index in [4.69, 9.17) is 5.11 Å². The van der Waals surface area contributed by atoms with Gasteiger partial charge in [-0.25, -0.2) is 4.79 Å². The molecule has 0 bridgehead atoms. The van der Waals surface area contributed by atoms with Crippen LogP contribution in [0.3, 0.4) is 0 Å². The summed E-state index contributed by atoms with van der Waals surface area (Å²) in [4.78, 5) is 24.0. The molecule has 0 spiro atoms. The molecule has 2 aromatic rings. The number of thiophene rings is 1. The van der Waals surface area contributed by atoms with E-state index in [1.807, 2.05) is 16.8 Å². The Morgan fingerprint density at radius 1 is 1.48 bits per heavy atom. The Bertz CT molecular complexity index is 626. The van der Waals surface area contributed by atoms with Crippen LogP contribution in [0.25, 0.3) is 10.6 Å². The Kier molecular flexibility index (Phi) is 4.86. The number of anilines is 1. The summed E-state index contributed by atoms with van der Waals surface area (Å²) >= 11 is 2.83. The Morgan fingerprint density at radius 3 is 2.86 bits per heavy atom. The normalized spacial score (nSPS) is 11.9. The number of amides is 2. The van der Waals surface area contributed by atoms with Gasteiger partial charge in [0.25, 0.3) is 0 Å². The van der Waals surface area contributed by atoms with Gasteiger partial charge in [-0.15, -0.1) is 10.2 Å². The van der Waals surface area contributed by atoms with E-state index in [2.05, 4.69) is 15.5 Å². The molecule has 0 radical (unpaired) electrons. The molecule has 0 fully saturated rings. The van der Waals surface area contributed by atoms with Gasteiger partial charge in [0.1, 0.15) is 5.01 Å². The number of aliphatic carboxylic acids is 1. The first kappa shape index (κ1) is 15.4. The third-order valence-electron chi connectivity index (χ3n) is 2.72. The van der Waals surface area contributed by atoms with E-state index in [9.17, 15) is 9.59 Å². The lowest BCUT2D eigenvalue weighted by Gasteiger charge is -2.18. The van der Waals surface area contributed by atoms with Crippen LogP contribution < -0.4 is 5.32 Å². The number of rotatable bonds is 5. The molecule has 2 amide bonds. The summed E-state index contributed by atoms with van der Waals surface area (Å²) < 4.78 is 0. The Hall–Kier alpha value is -2.00. The van der Waals surface area contributed by atoms with E-state index in [-0.39, 0.29) is 6.54 Å². The van der Waals surface area contributed by atoms with Crippen molar-refractivity contribution in [2.24, 2.45) is 5.92 Å². The van der Waals surface area contributed by atoms with Crippen LogP contribution in [0.2, 0.25) is 0 Å². The lowest BCUT2D eigenvalue weighted by molar-refractivity contribution is -0.141. The minimum Gasteiger partial charge on any atom is -0.481 e. The maximum Gasteiger partial charge on any atom is 0.323 e. The van der Waals surface area contributed by atoms with Gasteiger partial charge in [0, 0.05) is 24.5 Å². The second kappa shape index (κ2) is 6.64. The van der Waals surface area contributed by atoms with Gasteiger partial charge >= 0.3 is 12.0 Å². The predicted molar refractivity (Wildman–Crippen MR) is 81.7 cm³/mol. The van der Waals surface area contributed by atoms with Crippen LogP contribution in [0.5, 0.6) is 0 Å². The molecule has 112 valence electrons. The van der Waals surface area contributed by atoms with Crippen LogP contribution in [-0.2, 0) is 4.79 Å². The molecular formula is C12H14N4O3S2. The lowest BCUT2D eigenvalue weighted by Crippen LogP contribution is -2.36. The van der Waals surface area contributed by atoms with Gasteiger partial charge in [0.15, 0.2) is 0 Å². The first-order chi connectivity index (χ1) is 9.97. The largest absolute Gasteiger partial charge is 0.481 e. The van der Waals surface area contributed by atoms with Crippen LogP contribution in [0.15, 0.2) is 16.8 Å². The van der Waals surface area contributed by atoms with Gasteiger partial charge in [-0.1, -0.05) is 18.3 Å². The summed E-state index contributed by atoms with van der Waals surface area (Å²) in [6.07, 6.45) is 0. The summed E-state index contributed by atoms with van der Waals surface area (Å²) in [5, 5.41) is 24.4. The smallest absolute Gasteiger partial charge is 0.323 e. The number of carbonyl (C=O) groups is 2. The average Bonchev–Trinajstić information content (AvgIpc) is 3.08. The molecule has 2 heterocycles. The minimum atomic E-state index is -0.940. The number of urea groups is 1. The highest BCUT2D eigenvalue weighted by Crippen LogP contribution is 2.27. The van der Waals surface area contributed by atoms with Gasteiger partial charge in [-0.3, -0.25) is 10.1 Å². The van der Waals surface area contributed by atoms with Crippen molar-refractivity contribution in [2.45, 2.75) is 6.92 Å². The topological polar surface area (TPSA) is 95.4 Å². The summed E-state index contributed by atoms with van der Waals surface area (Å²) in [7, 11) is 1.54. The van der Waals surface area contributed by atoms with Gasteiger partial charge in [-0.05, 0) is 11.4 Å². The Morgan fingerprint density at radius 2 is 2.24 bits per heavy atom. The average molecular weight is 326 g/mol. The molecule has 0 saturated heterocycles. The van der Waals surface area contributed by atoms with Crippen molar-refractivity contribution in [3.05, 3.63) is 16.8 Å². The molecule has 1 atom stereocenters. The monoisotopic (exact) mass is 326 g/mol. The Labute approximate surface area is 129 Å². The minimum absolute atomic E-state index is 0.122. The molecule has 0 aliphatic carbocycles. The van der Waals surface area contributed by atoms with Crippen molar-refractivity contribution in [1.29, 1.82) is 0 Å². The van der Waals surface area contributed by atoms with E-state index >= 15 is 0 Å². The molecule has 0 aliphatic rings. The number of nitrogens with zero attached hydrogens (tertiary/aromatic N) is 3. The Balaban J connectivity index is 1.95. The molecule has 2 aromatic heterocycles. The van der Waals surface area contributed by atoms with Gasteiger partial charge in [0.2, 0.25) is 5.13 Å². The summed E-state index contributed by atoms with van der Waals surface area (Å²) in [6.45, 7) is 1.67. The number of carboxylic acid groups (broad SMARTS) is 1. The quantitative estimate of drug-likeness (QED) is 0.880. The van der Waals surface area contributed by atoms with E-state index in [0.29, 0.717) is 5.13 Å². The highest BCUT2D eigenvalue weighted by Gasteiger charge is 2.18. The van der Waals surface area contributed by atoms with E-state index in [0.717, 1.165) is 10.6 Å². The molecule has 0 aromatic carbocycles. The molecule has 2 rings (SSSR count). The number of hydrogen-bond acceptors (Lipinski definition) is 6. The molecular weight excluding hydrogens is 312 g/mol. The molecule has 1 unspecified atom stereocenters. The first-order valence-corrected chi connectivity index (χ1v) is 7.84. The fourth-order valence-electron chi connectivity index (χ4n) is 1.54. The maximum atomic E-state index is 11.9. The van der Waals surface area contributed by atoms with Gasteiger partial charge in [-0.2, -0.15) is 11.3 Å². The molecule has 2 N–H and O–H groups in total. The van der Waals surface area contributed by atoms with Gasteiger partial charge < -0.3 is 10.0 Å². The molecule has 0 aliphatic heterocycles. The van der Waals surface area contributed by atoms with Crippen LogP contribution in [0.1, 0.15) is 6.92 Å². The second-order valence-corrected chi connectivity index (χ2v) is 6.23. The zero-order valence-corrected chi connectivity index (χ0v) is 13.1. The molecule has 21 heavy (non-hydrogen) atoms. The third-order valence-corrected chi connectivity index (χ3v) is 4.29. The fraction of sp³-hybridized carbons (Fsp3) is 0.333. The van der Waals surface area contributed by atoms with Crippen molar-refractivity contribution < 1.29 is 14.7 Å².